The molecule has 0 radical (unpaired) electrons. The Labute approximate surface area is 175 Å². The van der Waals surface area contributed by atoms with Gasteiger partial charge in [-0.1, -0.05) is 11.6 Å². The highest BCUT2D eigenvalue weighted by Crippen LogP contribution is 2.22. The Balaban J connectivity index is 1.95. The first kappa shape index (κ1) is 22.2. The van der Waals surface area contributed by atoms with E-state index in [1.165, 1.54) is 6.21 Å². The molecule has 0 aliphatic carbocycles. The molecule has 2 rings (SSSR count). The number of carbonyl (C=O) groups excluding carboxylic acids is 2. The second kappa shape index (κ2) is 10.5. The van der Waals surface area contributed by atoms with Gasteiger partial charge < -0.3 is 14.8 Å². The average molecular weight is 418 g/mol. The van der Waals surface area contributed by atoms with E-state index in [1.807, 2.05) is 13.8 Å². The molecule has 0 aliphatic heterocycles. The zero-order valence-corrected chi connectivity index (χ0v) is 17.5. The molecule has 154 valence electrons. The number of amides is 2. The number of benzene rings is 2. The summed E-state index contributed by atoms with van der Waals surface area (Å²) in [6.45, 7) is 5.38. The maximum atomic E-state index is 12.2. The molecule has 1 atom stereocenters. The van der Waals surface area contributed by atoms with Crippen molar-refractivity contribution < 1.29 is 19.1 Å². The smallest absolute Gasteiger partial charge is 0.262 e. The van der Waals surface area contributed by atoms with E-state index in [2.05, 4.69) is 15.8 Å². The first-order chi connectivity index (χ1) is 13.8. The molecule has 2 aromatic carbocycles. The molecule has 0 aliphatic rings. The lowest BCUT2D eigenvalue weighted by molar-refractivity contribution is -0.122. The zero-order chi connectivity index (χ0) is 21.4. The van der Waals surface area contributed by atoms with Crippen LogP contribution in [0, 0.1) is 0 Å². The van der Waals surface area contributed by atoms with Crippen molar-refractivity contribution in [1.82, 2.24) is 10.7 Å². The molecule has 29 heavy (non-hydrogen) atoms. The summed E-state index contributed by atoms with van der Waals surface area (Å²) in [6.07, 6.45) is 1.42. The number of hydrogen-bond donors (Lipinski definition) is 2. The second-order valence-corrected chi connectivity index (χ2v) is 6.94. The molecule has 0 heterocycles. The van der Waals surface area contributed by atoms with E-state index in [0.29, 0.717) is 27.6 Å². The Kier molecular flexibility index (Phi) is 8.03. The van der Waals surface area contributed by atoms with Gasteiger partial charge in [0.1, 0.15) is 17.5 Å². The summed E-state index contributed by atoms with van der Waals surface area (Å²) in [4.78, 5) is 24.5. The Hall–Kier alpha value is -3.06. The number of carbonyl (C=O) groups is 2. The van der Waals surface area contributed by atoms with Crippen LogP contribution in [0.25, 0.3) is 0 Å². The van der Waals surface area contributed by atoms with Crippen LogP contribution in [0.5, 0.6) is 11.5 Å². The molecule has 8 heteroatoms. The van der Waals surface area contributed by atoms with Crippen LogP contribution in [0.1, 0.15) is 36.7 Å². The van der Waals surface area contributed by atoms with Gasteiger partial charge in [0, 0.05) is 16.1 Å². The van der Waals surface area contributed by atoms with Gasteiger partial charge in [-0.25, -0.2) is 5.43 Å². The van der Waals surface area contributed by atoms with Crippen molar-refractivity contribution >= 4 is 29.6 Å². The minimum atomic E-state index is -0.785. The van der Waals surface area contributed by atoms with Crippen LogP contribution in [0.3, 0.4) is 0 Å². The van der Waals surface area contributed by atoms with E-state index in [1.54, 1.807) is 56.5 Å². The third-order valence-electron chi connectivity index (χ3n) is 3.81. The number of nitrogens with one attached hydrogen (secondary N) is 2. The second-order valence-electron chi connectivity index (χ2n) is 6.51. The number of hydrogen-bond acceptors (Lipinski definition) is 5. The molecule has 0 fully saturated rings. The number of halogens is 1. The third kappa shape index (κ3) is 6.80. The molecule has 2 N–H and O–H groups in total. The molecule has 0 bridgehead atoms. The van der Waals surface area contributed by atoms with Gasteiger partial charge in [-0.15, -0.1) is 0 Å². The lowest BCUT2D eigenvalue weighted by Gasteiger charge is -2.13. The van der Waals surface area contributed by atoms with Gasteiger partial charge >= 0.3 is 0 Å². The standard InChI is InChI=1S/C21H24ClN3O4/c1-13(2)29-19-10-7-17(22)11-16(19)12-23-25-20(26)14(3)24-21(27)15-5-8-18(28-4)9-6-15/h5-14H,1-4H3,(H,24,27)(H,25,26). The fourth-order valence-electron chi connectivity index (χ4n) is 2.33. The lowest BCUT2D eigenvalue weighted by Crippen LogP contribution is -2.43. The van der Waals surface area contributed by atoms with Gasteiger partial charge in [0.15, 0.2) is 0 Å². The first-order valence-corrected chi connectivity index (χ1v) is 9.42. The SMILES string of the molecule is COc1ccc(C(=O)NC(C)C(=O)NN=Cc2cc(Cl)ccc2OC(C)C)cc1. The summed E-state index contributed by atoms with van der Waals surface area (Å²) in [5, 5.41) is 7.08. The molecular formula is C21H24ClN3O4. The fraction of sp³-hybridized carbons (Fsp3) is 0.286. The largest absolute Gasteiger partial charge is 0.497 e. The van der Waals surface area contributed by atoms with Gasteiger partial charge in [-0.05, 0) is 63.2 Å². The quantitative estimate of drug-likeness (QED) is 0.509. The highest BCUT2D eigenvalue weighted by Gasteiger charge is 2.16. The first-order valence-electron chi connectivity index (χ1n) is 9.04. The number of rotatable bonds is 8. The van der Waals surface area contributed by atoms with Gasteiger partial charge in [-0.2, -0.15) is 5.10 Å². The van der Waals surface area contributed by atoms with Crippen molar-refractivity contribution in [3.8, 4) is 11.5 Å². The molecule has 0 saturated carbocycles. The molecule has 2 aromatic rings. The van der Waals surface area contributed by atoms with Crippen molar-refractivity contribution in [3.05, 3.63) is 58.6 Å². The van der Waals surface area contributed by atoms with E-state index >= 15 is 0 Å². The van der Waals surface area contributed by atoms with E-state index < -0.39 is 11.9 Å². The van der Waals surface area contributed by atoms with Crippen LogP contribution >= 0.6 is 11.6 Å². The third-order valence-corrected chi connectivity index (χ3v) is 4.04. The fourth-order valence-corrected chi connectivity index (χ4v) is 2.51. The summed E-state index contributed by atoms with van der Waals surface area (Å²) in [7, 11) is 1.54. The molecule has 0 aromatic heterocycles. The number of methoxy groups -OCH3 is 1. The van der Waals surface area contributed by atoms with Crippen molar-refractivity contribution in [2.45, 2.75) is 32.9 Å². The van der Waals surface area contributed by atoms with Crippen molar-refractivity contribution in [2.75, 3.05) is 7.11 Å². The van der Waals surface area contributed by atoms with Gasteiger partial charge in [0.25, 0.3) is 11.8 Å². The summed E-state index contributed by atoms with van der Waals surface area (Å²) in [5.41, 5.74) is 3.45. The van der Waals surface area contributed by atoms with Crippen LogP contribution in [0.2, 0.25) is 5.02 Å². The molecule has 1 unspecified atom stereocenters. The number of hydrazone groups is 1. The highest BCUT2D eigenvalue weighted by atomic mass is 35.5. The molecule has 7 nitrogen and oxygen atoms in total. The Morgan fingerprint density at radius 2 is 1.79 bits per heavy atom. The summed E-state index contributed by atoms with van der Waals surface area (Å²) in [5.74, 6) is 0.407. The van der Waals surface area contributed by atoms with Gasteiger partial charge in [-0.3, -0.25) is 9.59 Å². The maximum absolute atomic E-state index is 12.2. The topological polar surface area (TPSA) is 89.0 Å². The monoisotopic (exact) mass is 417 g/mol. The van der Waals surface area contributed by atoms with E-state index in [4.69, 9.17) is 21.1 Å². The minimum absolute atomic E-state index is 0.0221. The predicted octanol–water partition coefficient (Wildman–Crippen LogP) is 3.40. The van der Waals surface area contributed by atoms with Crippen molar-refractivity contribution in [2.24, 2.45) is 5.10 Å². The summed E-state index contributed by atoms with van der Waals surface area (Å²) in [6, 6.07) is 10.9. The number of ether oxygens (including phenoxy) is 2. The van der Waals surface area contributed by atoms with Crippen LogP contribution in [-0.2, 0) is 4.79 Å². The Morgan fingerprint density at radius 3 is 2.41 bits per heavy atom. The van der Waals surface area contributed by atoms with Gasteiger partial charge in [0.2, 0.25) is 0 Å². The van der Waals surface area contributed by atoms with E-state index in [0.717, 1.165) is 0 Å². The molecule has 0 spiro atoms. The lowest BCUT2D eigenvalue weighted by atomic mass is 10.2. The molecule has 0 saturated heterocycles. The number of nitrogens with zero attached hydrogens (tertiary/aromatic N) is 1. The van der Waals surface area contributed by atoms with Crippen molar-refractivity contribution in [3.63, 3.8) is 0 Å². The zero-order valence-electron chi connectivity index (χ0n) is 16.7. The van der Waals surface area contributed by atoms with Crippen LogP contribution in [0.4, 0.5) is 0 Å². The van der Waals surface area contributed by atoms with E-state index in [-0.39, 0.29) is 12.0 Å². The Morgan fingerprint density at radius 1 is 1.10 bits per heavy atom. The van der Waals surface area contributed by atoms with Crippen molar-refractivity contribution in [1.29, 1.82) is 0 Å². The van der Waals surface area contributed by atoms with Crippen LogP contribution in [0.15, 0.2) is 47.6 Å². The van der Waals surface area contributed by atoms with Crippen LogP contribution in [-0.4, -0.2) is 37.3 Å². The predicted molar refractivity (Wildman–Crippen MR) is 113 cm³/mol. The summed E-state index contributed by atoms with van der Waals surface area (Å²) < 4.78 is 10.8. The minimum Gasteiger partial charge on any atom is -0.497 e. The average Bonchev–Trinajstić information content (AvgIpc) is 2.69. The molecular weight excluding hydrogens is 394 g/mol. The Bertz CT molecular complexity index is 882. The van der Waals surface area contributed by atoms with Gasteiger partial charge in [0.05, 0.1) is 19.4 Å². The highest BCUT2D eigenvalue weighted by molar-refractivity contribution is 6.30. The maximum Gasteiger partial charge on any atom is 0.262 e. The van der Waals surface area contributed by atoms with E-state index in [9.17, 15) is 9.59 Å². The summed E-state index contributed by atoms with van der Waals surface area (Å²) >= 11 is 6.02. The molecule has 2 amide bonds. The van der Waals surface area contributed by atoms with Crippen LogP contribution < -0.4 is 20.2 Å². The normalized spacial score (nSPS) is 11.9.